The SMILES string of the molecule is CC(C)c1ccc(SC2CCCCC2N)cc1. The molecule has 0 bridgehead atoms. The van der Waals surface area contributed by atoms with E-state index in [1.165, 1.54) is 36.1 Å². The van der Waals surface area contributed by atoms with Gasteiger partial charge in [-0.1, -0.05) is 38.8 Å². The first-order valence-electron chi connectivity index (χ1n) is 6.69. The summed E-state index contributed by atoms with van der Waals surface area (Å²) in [5.74, 6) is 0.617. The molecule has 1 aromatic rings. The Morgan fingerprint density at radius 2 is 1.76 bits per heavy atom. The molecule has 0 saturated heterocycles. The number of thioether (sulfide) groups is 1. The van der Waals surface area contributed by atoms with Crippen molar-refractivity contribution in [2.45, 2.75) is 61.6 Å². The van der Waals surface area contributed by atoms with Gasteiger partial charge in [-0.15, -0.1) is 11.8 Å². The lowest BCUT2D eigenvalue weighted by Crippen LogP contribution is -2.35. The lowest BCUT2D eigenvalue weighted by molar-refractivity contribution is 0.453. The molecule has 1 fully saturated rings. The van der Waals surface area contributed by atoms with Gasteiger partial charge in [-0.2, -0.15) is 0 Å². The van der Waals surface area contributed by atoms with Gasteiger partial charge in [0.1, 0.15) is 0 Å². The van der Waals surface area contributed by atoms with E-state index in [0.717, 1.165) is 0 Å². The highest BCUT2D eigenvalue weighted by molar-refractivity contribution is 8.00. The minimum absolute atomic E-state index is 0.388. The van der Waals surface area contributed by atoms with Crippen molar-refractivity contribution in [1.82, 2.24) is 0 Å². The van der Waals surface area contributed by atoms with E-state index in [9.17, 15) is 0 Å². The Hall–Kier alpha value is -0.470. The predicted molar refractivity (Wildman–Crippen MR) is 76.6 cm³/mol. The van der Waals surface area contributed by atoms with Crippen molar-refractivity contribution in [3.63, 3.8) is 0 Å². The quantitative estimate of drug-likeness (QED) is 0.870. The molecule has 1 nitrogen and oxygen atoms in total. The molecule has 0 spiro atoms. The molecule has 1 aliphatic rings. The number of hydrogen-bond donors (Lipinski definition) is 1. The maximum atomic E-state index is 6.18. The van der Waals surface area contributed by atoms with Crippen LogP contribution in [0.5, 0.6) is 0 Å². The van der Waals surface area contributed by atoms with Crippen molar-refractivity contribution in [2.24, 2.45) is 5.73 Å². The molecule has 2 unspecified atom stereocenters. The lowest BCUT2D eigenvalue weighted by atomic mass is 9.96. The number of hydrogen-bond acceptors (Lipinski definition) is 2. The summed E-state index contributed by atoms with van der Waals surface area (Å²) in [4.78, 5) is 1.37. The van der Waals surface area contributed by atoms with Crippen molar-refractivity contribution in [3.8, 4) is 0 Å². The minimum atomic E-state index is 0.388. The average molecular weight is 249 g/mol. The summed E-state index contributed by atoms with van der Waals surface area (Å²) in [7, 11) is 0. The molecule has 0 heterocycles. The fourth-order valence-electron chi connectivity index (χ4n) is 2.38. The second-order valence-electron chi connectivity index (χ2n) is 5.33. The summed E-state index contributed by atoms with van der Waals surface area (Å²) in [5.41, 5.74) is 7.60. The summed E-state index contributed by atoms with van der Waals surface area (Å²) in [5, 5.41) is 0.619. The van der Waals surface area contributed by atoms with Gasteiger partial charge in [-0.25, -0.2) is 0 Å². The molecular weight excluding hydrogens is 226 g/mol. The van der Waals surface area contributed by atoms with Gasteiger partial charge in [0.15, 0.2) is 0 Å². The highest BCUT2D eigenvalue weighted by Crippen LogP contribution is 2.33. The number of nitrogens with two attached hydrogens (primary N) is 1. The normalized spacial score (nSPS) is 25.2. The number of benzene rings is 1. The van der Waals surface area contributed by atoms with Gasteiger partial charge in [-0.05, 0) is 36.5 Å². The van der Waals surface area contributed by atoms with E-state index in [-0.39, 0.29) is 0 Å². The minimum Gasteiger partial charge on any atom is -0.327 e. The van der Waals surface area contributed by atoms with Gasteiger partial charge in [0.25, 0.3) is 0 Å². The molecule has 2 rings (SSSR count). The van der Waals surface area contributed by atoms with Crippen LogP contribution >= 0.6 is 11.8 Å². The van der Waals surface area contributed by atoms with E-state index in [4.69, 9.17) is 5.73 Å². The summed E-state index contributed by atoms with van der Waals surface area (Å²) in [6, 6.07) is 9.39. The van der Waals surface area contributed by atoms with E-state index in [2.05, 4.69) is 38.1 Å². The Balaban J connectivity index is 1.98. The topological polar surface area (TPSA) is 26.0 Å². The third-order valence-electron chi connectivity index (χ3n) is 3.59. The van der Waals surface area contributed by atoms with Crippen molar-refractivity contribution in [2.75, 3.05) is 0 Å². The standard InChI is InChI=1S/C15H23NS/c1-11(2)12-7-9-13(10-8-12)17-15-6-4-3-5-14(15)16/h7-11,14-15H,3-6,16H2,1-2H3. The van der Waals surface area contributed by atoms with E-state index in [0.29, 0.717) is 17.2 Å². The second-order valence-corrected chi connectivity index (χ2v) is 6.64. The van der Waals surface area contributed by atoms with Gasteiger partial charge in [0, 0.05) is 16.2 Å². The molecule has 2 heteroatoms. The molecule has 0 radical (unpaired) electrons. The maximum absolute atomic E-state index is 6.18. The fraction of sp³-hybridized carbons (Fsp3) is 0.600. The zero-order valence-corrected chi connectivity index (χ0v) is 11.7. The molecule has 0 aliphatic heterocycles. The first-order valence-corrected chi connectivity index (χ1v) is 7.57. The Labute approximate surface area is 109 Å². The summed E-state index contributed by atoms with van der Waals surface area (Å²) in [6.45, 7) is 4.47. The van der Waals surface area contributed by atoms with Crippen LogP contribution in [0.4, 0.5) is 0 Å². The summed E-state index contributed by atoms with van der Waals surface area (Å²) >= 11 is 1.97. The highest BCUT2D eigenvalue weighted by atomic mass is 32.2. The van der Waals surface area contributed by atoms with E-state index in [1.54, 1.807) is 0 Å². The van der Waals surface area contributed by atoms with Gasteiger partial charge in [-0.3, -0.25) is 0 Å². The van der Waals surface area contributed by atoms with E-state index in [1.807, 2.05) is 11.8 Å². The van der Waals surface area contributed by atoms with Gasteiger partial charge in [0.2, 0.25) is 0 Å². The third-order valence-corrected chi connectivity index (χ3v) is 5.02. The smallest absolute Gasteiger partial charge is 0.0246 e. The molecule has 2 N–H and O–H groups in total. The highest BCUT2D eigenvalue weighted by Gasteiger charge is 2.22. The summed E-state index contributed by atoms with van der Waals surface area (Å²) < 4.78 is 0. The van der Waals surface area contributed by atoms with E-state index < -0.39 is 0 Å². The van der Waals surface area contributed by atoms with Crippen LogP contribution in [0.1, 0.15) is 51.0 Å². The first-order chi connectivity index (χ1) is 8.16. The van der Waals surface area contributed by atoms with Crippen molar-refractivity contribution in [3.05, 3.63) is 29.8 Å². The van der Waals surface area contributed by atoms with Gasteiger partial charge in [0.05, 0.1) is 0 Å². The predicted octanol–water partition coefficient (Wildman–Crippen LogP) is 4.17. The third kappa shape index (κ3) is 3.49. The van der Waals surface area contributed by atoms with Crippen LogP contribution in [0.25, 0.3) is 0 Å². The van der Waals surface area contributed by atoms with E-state index >= 15 is 0 Å². The van der Waals surface area contributed by atoms with Crippen molar-refractivity contribution in [1.29, 1.82) is 0 Å². The molecule has 0 aromatic heterocycles. The van der Waals surface area contributed by atoms with Crippen molar-refractivity contribution >= 4 is 11.8 Å². The molecule has 0 amide bonds. The molecule has 1 saturated carbocycles. The van der Waals surface area contributed by atoms with Crippen molar-refractivity contribution < 1.29 is 0 Å². The molecular formula is C15H23NS. The largest absolute Gasteiger partial charge is 0.327 e. The van der Waals surface area contributed by atoms with Crippen LogP contribution in [0.3, 0.4) is 0 Å². The Morgan fingerprint density at radius 3 is 2.35 bits per heavy atom. The molecule has 17 heavy (non-hydrogen) atoms. The Kier molecular flexibility index (Phi) is 4.52. The lowest BCUT2D eigenvalue weighted by Gasteiger charge is -2.28. The Morgan fingerprint density at radius 1 is 1.12 bits per heavy atom. The van der Waals surface area contributed by atoms with Crippen LogP contribution in [0.15, 0.2) is 29.2 Å². The summed E-state index contributed by atoms with van der Waals surface area (Å²) in [6.07, 6.45) is 5.12. The zero-order chi connectivity index (χ0) is 12.3. The van der Waals surface area contributed by atoms with Crippen LogP contribution in [-0.2, 0) is 0 Å². The van der Waals surface area contributed by atoms with Gasteiger partial charge >= 0.3 is 0 Å². The van der Waals surface area contributed by atoms with Crippen LogP contribution in [-0.4, -0.2) is 11.3 Å². The van der Waals surface area contributed by atoms with Crippen LogP contribution in [0.2, 0.25) is 0 Å². The zero-order valence-electron chi connectivity index (χ0n) is 10.9. The number of rotatable bonds is 3. The first kappa shape index (κ1) is 13.0. The van der Waals surface area contributed by atoms with Crippen LogP contribution in [0, 0.1) is 0 Å². The molecule has 94 valence electrons. The monoisotopic (exact) mass is 249 g/mol. The molecule has 1 aromatic carbocycles. The fourth-order valence-corrected chi connectivity index (χ4v) is 3.62. The Bertz CT molecular complexity index is 344. The maximum Gasteiger partial charge on any atom is 0.0246 e. The van der Waals surface area contributed by atoms with Gasteiger partial charge < -0.3 is 5.73 Å². The average Bonchev–Trinajstić information content (AvgIpc) is 2.33. The molecule has 2 atom stereocenters. The second kappa shape index (κ2) is 5.92. The molecule has 1 aliphatic carbocycles. The van der Waals surface area contributed by atoms with Crippen LogP contribution < -0.4 is 5.73 Å².